The van der Waals surface area contributed by atoms with Gasteiger partial charge in [-0.25, -0.2) is 12.8 Å². The van der Waals surface area contributed by atoms with Crippen LogP contribution in [0.2, 0.25) is 10.0 Å². The van der Waals surface area contributed by atoms with Crippen molar-refractivity contribution >= 4 is 44.6 Å². The molecule has 0 bridgehead atoms. The second-order valence-corrected chi connectivity index (χ2v) is 8.12. The summed E-state index contributed by atoms with van der Waals surface area (Å²) in [4.78, 5) is 11.8. The molecule has 128 valence electrons. The summed E-state index contributed by atoms with van der Waals surface area (Å²) in [6.07, 6.45) is -0.266. The molecule has 4 nitrogen and oxygen atoms in total. The van der Waals surface area contributed by atoms with Crippen molar-refractivity contribution in [2.75, 3.05) is 11.1 Å². The first kappa shape index (κ1) is 18.7. The van der Waals surface area contributed by atoms with Gasteiger partial charge < -0.3 is 5.32 Å². The van der Waals surface area contributed by atoms with Crippen molar-refractivity contribution < 1.29 is 17.6 Å². The van der Waals surface area contributed by atoms with Crippen molar-refractivity contribution in [2.24, 2.45) is 0 Å². The van der Waals surface area contributed by atoms with Crippen molar-refractivity contribution in [3.63, 3.8) is 0 Å². The lowest BCUT2D eigenvalue weighted by molar-refractivity contribution is -0.115. The van der Waals surface area contributed by atoms with Crippen LogP contribution in [0, 0.1) is 5.82 Å². The van der Waals surface area contributed by atoms with Gasteiger partial charge in [-0.2, -0.15) is 0 Å². The fourth-order valence-corrected chi connectivity index (χ4v) is 3.63. The Morgan fingerprint density at radius 2 is 1.79 bits per heavy atom. The Balaban J connectivity index is 1.93. The van der Waals surface area contributed by atoms with Crippen LogP contribution in [-0.4, -0.2) is 20.1 Å². The second kappa shape index (κ2) is 7.96. The summed E-state index contributed by atoms with van der Waals surface area (Å²) in [6, 6.07) is 10.2. The summed E-state index contributed by atoms with van der Waals surface area (Å²) in [5.41, 5.74) is 0.503. The van der Waals surface area contributed by atoms with E-state index in [0.29, 0.717) is 10.6 Å². The molecule has 0 unspecified atom stereocenters. The van der Waals surface area contributed by atoms with Gasteiger partial charge in [0.15, 0.2) is 9.84 Å². The highest BCUT2D eigenvalue weighted by molar-refractivity contribution is 7.90. The van der Waals surface area contributed by atoms with Gasteiger partial charge >= 0.3 is 0 Å². The zero-order valence-corrected chi connectivity index (χ0v) is 14.8. The number of hydrogen-bond acceptors (Lipinski definition) is 3. The van der Waals surface area contributed by atoms with Gasteiger partial charge in [-0.1, -0.05) is 41.4 Å². The van der Waals surface area contributed by atoms with Crippen molar-refractivity contribution in [2.45, 2.75) is 12.2 Å². The maximum absolute atomic E-state index is 13.4. The van der Waals surface area contributed by atoms with Crippen LogP contribution in [0.5, 0.6) is 0 Å². The fraction of sp³-hybridized carbons (Fsp3) is 0.188. The molecular formula is C16H14Cl2FNO3S. The van der Waals surface area contributed by atoms with Crippen molar-refractivity contribution in [3.8, 4) is 0 Å². The summed E-state index contributed by atoms with van der Waals surface area (Å²) >= 11 is 11.6. The molecule has 2 aromatic rings. The van der Waals surface area contributed by atoms with Gasteiger partial charge in [0.05, 0.1) is 27.2 Å². The van der Waals surface area contributed by atoms with Gasteiger partial charge in [0, 0.05) is 6.42 Å². The van der Waals surface area contributed by atoms with E-state index in [-0.39, 0.29) is 28.6 Å². The number of carbonyl (C=O) groups excluding carboxylic acids is 1. The quantitative estimate of drug-likeness (QED) is 0.809. The number of anilines is 1. The zero-order valence-electron chi connectivity index (χ0n) is 12.4. The molecule has 0 aromatic heterocycles. The smallest absolute Gasteiger partial charge is 0.225 e. The van der Waals surface area contributed by atoms with E-state index in [4.69, 9.17) is 23.2 Å². The molecule has 1 N–H and O–H groups in total. The average molecular weight is 390 g/mol. The first-order valence-corrected chi connectivity index (χ1v) is 9.53. The van der Waals surface area contributed by atoms with Crippen LogP contribution < -0.4 is 5.32 Å². The molecule has 0 saturated heterocycles. The molecule has 1 amide bonds. The van der Waals surface area contributed by atoms with E-state index in [0.717, 1.165) is 0 Å². The van der Waals surface area contributed by atoms with Crippen LogP contribution in [0.4, 0.5) is 10.1 Å². The van der Waals surface area contributed by atoms with Crippen LogP contribution in [0.3, 0.4) is 0 Å². The second-order valence-electron chi connectivity index (χ2n) is 5.12. The molecule has 0 aliphatic carbocycles. The average Bonchev–Trinajstić information content (AvgIpc) is 2.51. The van der Waals surface area contributed by atoms with Crippen LogP contribution in [0.15, 0.2) is 42.5 Å². The lowest BCUT2D eigenvalue weighted by atomic mass is 10.2. The molecule has 0 atom stereocenters. The molecule has 2 rings (SSSR count). The SMILES string of the molecule is O=C(CCS(=O)(=O)Cc1ccc(Cl)c(Cl)c1)Nc1ccccc1F. The number of hydrogen-bond donors (Lipinski definition) is 1. The Morgan fingerprint density at radius 1 is 1.08 bits per heavy atom. The van der Waals surface area contributed by atoms with Crippen LogP contribution in [0.25, 0.3) is 0 Å². The number of benzene rings is 2. The molecule has 8 heteroatoms. The minimum atomic E-state index is -3.52. The first-order valence-electron chi connectivity index (χ1n) is 6.95. The number of para-hydroxylation sites is 1. The molecule has 0 fully saturated rings. The van der Waals surface area contributed by atoms with Gasteiger partial charge in [0.2, 0.25) is 5.91 Å². The highest BCUT2D eigenvalue weighted by Gasteiger charge is 2.16. The molecule has 0 radical (unpaired) electrons. The lowest BCUT2D eigenvalue weighted by Gasteiger charge is -2.08. The highest BCUT2D eigenvalue weighted by Crippen LogP contribution is 2.23. The standard InChI is InChI=1S/C16H14Cl2FNO3S/c17-12-6-5-11(9-13(12)18)10-24(22,23)8-7-16(21)20-15-4-2-1-3-14(15)19/h1-6,9H,7-8,10H2,(H,20,21). The van der Waals surface area contributed by atoms with E-state index in [9.17, 15) is 17.6 Å². The van der Waals surface area contributed by atoms with E-state index < -0.39 is 21.6 Å². The van der Waals surface area contributed by atoms with E-state index in [2.05, 4.69) is 5.32 Å². The highest BCUT2D eigenvalue weighted by atomic mass is 35.5. The molecule has 0 spiro atoms. The Hall–Kier alpha value is -1.63. The Labute approximate surface area is 149 Å². The van der Waals surface area contributed by atoms with Gasteiger partial charge in [-0.05, 0) is 29.8 Å². The molecule has 0 aliphatic rings. The summed E-state index contributed by atoms with van der Waals surface area (Å²) in [7, 11) is -3.52. The predicted molar refractivity (Wildman–Crippen MR) is 93.6 cm³/mol. The van der Waals surface area contributed by atoms with Crippen LogP contribution in [-0.2, 0) is 20.4 Å². The minimum Gasteiger partial charge on any atom is -0.324 e. The van der Waals surface area contributed by atoms with Crippen molar-refractivity contribution in [1.82, 2.24) is 0 Å². The Bertz CT molecular complexity index is 856. The number of nitrogens with one attached hydrogen (secondary N) is 1. The number of sulfone groups is 1. The van der Waals surface area contributed by atoms with E-state index >= 15 is 0 Å². The maximum Gasteiger partial charge on any atom is 0.225 e. The molecule has 24 heavy (non-hydrogen) atoms. The summed E-state index contributed by atoms with van der Waals surface area (Å²) in [6.45, 7) is 0. The van der Waals surface area contributed by atoms with Gasteiger partial charge in [0.25, 0.3) is 0 Å². The number of halogens is 3. The molecule has 2 aromatic carbocycles. The normalized spacial score (nSPS) is 11.3. The van der Waals surface area contributed by atoms with E-state index in [1.54, 1.807) is 12.1 Å². The summed E-state index contributed by atoms with van der Waals surface area (Å²) < 4.78 is 37.6. The molecule has 0 saturated carbocycles. The third-order valence-electron chi connectivity index (χ3n) is 3.16. The van der Waals surface area contributed by atoms with Gasteiger partial charge in [0.1, 0.15) is 5.82 Å². The third kappa shape index (κ3) is 5.47. The number of rotatable bonds is 6. The van der Waals surface area contributed by atoms with Crippen LogP contribution >= 0.6 is 23.2 Å². The maximum atomic E-state index is 13.4. The predicted octanol–water partition coefficient (Wildman–Crippen LogP) is 4.08. The van der Waals surface area contributed by atoms with Gasteiger partial charge in [-0.15, -0.1) is 0 Å². The zero-order chi connectivity index (χ0) is 17.7. The van der Waals surface area contributed by atoms with Crippen molar-refractivity contribution in [3.05, 3.63) is 63.9 Å². The monoisotopic (exact) mass is 389 g/mol. The lowest BCUT2D eigenvalue weighted by Crippen LogP contribution is -2.18. The third-order valence-corrected chi connectivity index (χ3v) is 5.50. The number of carbonyl (C=O) groups is 1. The summed E-state index contributed by atoms with van der Waals surface area (Å²) in [5.74, 6) is -1.76. The fourth-order valence-electron chi connectivity index (χ4n) is 1.98. The van der Waals surface area contributed by atoms with Crippen LogP contribution in [0.1, 0.15) is 12.0 Å². The van der Waals surface area contributed by atoms with Crippen molar-refractivity contribution in [1.29, 1.82) is 0 Å². The Morgan fingerprint density at radius 3 is 2.46 bits per heavy atom. The molecule has 0 aliphatic heterocycles. The summed E-state index contributed by atoms with van der Waals surface area (Å²) in [5, 5.41) is 2.95. The minimum absolute atomic E-state index is 0.0179. The number of amides is 1. The largest absolute Gasteiger partial charge is 0.324 e. The first-order chi connectivity index (χ1) is 11.3. The molecule has 0 heterocycles. The van der Waals surface area contributed by atoms with E-state index in [1.807, 2.05) is 0 Å². The molecular weight excluding hydrogens is 376 g/mol. The van der Waals surface area contributed by atoms with E-state index in [1.165, 1.54) is 30.3 Å². The Kier molecular flexibility index (Phi) is 6.21. The topological polar surface area (TPSA) is 63.2 Å². The van der Waals surface area contributed by atoms with Gasteiger partial charge in [-0.3, -0.25) is 4.79 Å².